The van der Waals surface area contributed by atoms with Crippen molar-refractivity contribution in [2.24, 2.45) is 0 Å². The van der Waals surface area contributed by atoms with Crippen LogP contribution in [0.3, 0.4) is 0 Å². The molecule has 0 unspecified atom stereocenters. The van der Waals surface area contributed by atoms with Crippen LogP contribution in [0.5, 0.6) is 5.75 Å². The van der Waals surface area contributed by atoms with Gasteiger partial charge in [0.25, 0.3) is 5.91 Å². The molecule has 0 aliphatic rings. The second kappa shape index (κ2) is 7.46. The van der Waals surface area contributed by atoms with Crippen LogP contribution in [0.15, 0.2) is 63.2 Å². The first-order valence-electron chi connectivity index (χ1n) is 8.15. The molecule has 27 heavy (non-hydrogen) atoms. The van der Waals surface area contributed by atoms with E-state index in [0.717, 1.165) is 21.6 Å². The highest BCUT2D eigenvalue weighted by atomic mass is 32.2. The highest BCUT2D eigenvalue weighted by Gasteiger charge is 2.13. The monoisotopic (exact) mass is 396 g/mol. The Balaban J connectivity index is 1.53. The van der Waals surface area contributed by atoms with E-state index in [-0.39, 0.29) is 5.91 Å². The summed E-state index contributed by atoms with van der Waals surface area (Å²) in [6.07, 6.45) is 2.00. The van der Waals surface area contributed by atoms with Crippen LogP contribution in [0.4, 0.5) is 5.13 Å². The Bertz CT molecular complexity index is 1100. The number of thioether (sulfide) groups is 1. The largest absolute Gasteiger partial charge is 0.497 e. The summed E-state index contributed by atoms with van der Waals surface area (Å²) >= 11 is 3.00. The lowest BCUT2D eigenvalue weighted by Gasteiger charge is -2.02. The van der Waals surface area contributed by atoms with Crippen molar-refractivity contribution in [3.63, 3.8) is 0 Å². The topological polar surface area (TPSA) is 64.4 Å². The minimum atomic E-state index is -0.183. The number of nitrogens with one attached hydrogen (secondary N) is 1. The number of hydrogen-bond donors (Lipinski definition) is 1. The molecule has 5 nitrogen and oxygen atoms in total. The third-order valence-corrected chi connectivity index (χ3v) is 5.55. The number of aromatic nitrogens is 1. The van der Waals surface area contributed by atoms with Gasteiger partial charge in [-0.1, -0.05) is 0 Å². The van der Waals surface area contributed by atoms with Gasteiger partial charge in [0.05, 0.1) is 7.11 Å². The maximum Gasteiger partial charge on any atom is 0.257 e. The molecule has 0 fully saturated rings. The summed E-state index contributed by atoms with van der Waals surface area (Å²) in [6.45, 7) is 0. The number of ether oxygens (including phenoxy) is 1. The normalized spacial score (nSPS) is 10.9. The predicted molar refractivity (Wildman–Crippen MR) is 110 cm³/mol. The zero-order valence-corrected chi connectivity index (χ0v) is 16.3. The molecular formula is C20H16N2O3S2. The van der Waals surface area contributed by atoms with Crippen molar-refractivity contribution in [3.8, 4) is 17.2 Å². The minimum absolute atomic E-state index is 0.183. The average Bonchev–Trinajstić information content (AvgIpc) is 3.33. The molecule has 0 saturated heterocycles. The molecule has 2 heterocycles. The van der Waals surface area contributed by atoms with Gasteiger partial charge in [-0.3, -0.25) is 10.1 Å². The number of furan rings is 1. The molecule has 0 bridgehead atoms. The Morgan fingerprint density at radius 2 is 2.00 bits per heavy atom. The first-order chi connectivity index (χ1) is 13.2. The van der Waals surface area contributed by atoms with Gasteiger partial charge in [-0.05, 0) is 54.8 Å². The number of anilines is 1. The van der Waals surface area contributed by atoms with E-state index in [4.69, 9.17) is 9.15 Å². The predicted octanol–water partition coefficient (Wildman–Crippen LogP) is 5.54. The van der Waals surface area contributed by atoms with Crippen molar-refractivity contribution >= 4 is 45.1 Å². The van der Waals surface area contributed by atoms with Crippen LogP contribution in [-0.2, 0) is 0 Å². The molecule has 1 N–H and O–H groups in total. The fourth-order valence-corrected chi connectivity index (χ4v) is 3.73. The second-order valence-electron chi connectivity index (χ2n) is 5.73. The number of rotatable bonds is 5. The fourth-order valence-electron chi connectivity index (χ4n) is 2.63. The first kappa shape index (κ1) is 17.6. The Morgan fingerprint density at radius 3 is 2.74 bits per heavy atom. The molecule has 0 saturated carbocycles. The van der Waals surface area contributed by atoms with Crippen LogP contribution in [-0.4, -0.2) is 24.3 Å². The lowest BCUT2D eigenvalue weighted by molar-refractivity contribution is 0.102. The van der Waals surface area contributed by atoms with Gasteiger partial charge in [0.15, 0.2) is 10.9 Å². The summed E-state index contributed by atoms with van der Waals surface area (Å²) in [5, 5.41) is 6.17. The standard InChI is InChI=1S/C20H16N2O3S2/c1-24-14-5-8-17-13(9-14)10-18(25-17)16-11-27-20(21-16)22-19(23)12-3-6-15(26-2)7-4-12/h3-11H,1-2H3,(H,21,22,23). The van der Waals surface area contributed by atoms with Gasteiger partial charge in [-0.2, -0.15) is 0 Å². The van der Waals surface area contributed by atoms with Crippen molar-refractivity contribution in [1.82, 2.24) is 4.98 Å². The van der Waals surface area contributed by atoms with Gasteiger partial charge in [0.1, 0.15) is 17.0 Å². The van der Waals surface area contributed by atoms with Gasteiger partial charge in [-0.15, -0.1) is 23.1 Å². The maximum atomic E-state index is 12.4. The Morgan fingerprint density at radius 1 is 1.19 bits per heavy atom. The number of benzene rings is 2. The molecule has 4 rings (SSSR count). The summed E-state index contributed by atoms with van der Waals surface area (Å²) < 4.78 is 11.1. The van der Waals surface area contributed by atoms with Crippen LogP contribution < -0.4 is 10.1 Å². The third-order valence-electron chi connectivity index (χ3n) is 4.05. The molecule has 7 heteroatoms. The van der Waals surface area contributed by atoms with Crippen LogP contribution in [0.1, 0.15) is 10.4 Å². The van der Waals surface area contributed by atoms with Gasteiger partial charge < -0.3 is 9.15 Å². The summed E-state index contributed by atoms with van der Waals surface area (Å²) in [7, 11) is 1.63. The van der Waals surface area contributed by atoms with E-state index < -0.39 is 0 Å². The Labute approximate surface area is 164 Å². The average molecular weight is 396 g/mol. The van der Waals surface area contributed by atoms with Gasteiger partial charge in [0, 0.05) is 21.2 Å². The highest BCUT2D eigenvalue weighted by molar-refractivity contribution is 7.98. The fraction of sp³-hybridized carbons (Fsp3) is 0.100. The van der Waals surface area contributed by atoms with E-state index in [9.17, 15) is 4.79 Å². The summed E-state index contributed by atoms with van der Waals surface area (Å²) in [6, 6.07) is 15.0. The van der Waals surface area contributed by atoms with Crippen LogP contribution in [0.2, 0.25) is 0 Å². The minimum Gasteiger partial charge on any atom is -0.497 e. The molecule has 1 amide bonds. The van der Waals surface area contributed by atoms with Crippen molar-refractivity contribution in [3.05, 3.63) is 59.5 Å². The van der Waals surface area contributed by atoms with E-state index in [1.165, 1.54) is 11.3 Å². The van der Waals surface area contributed by atoms with E-state index >= 15 is 0 Å². The molecule has 2 aromatic carbocycles. The van der Waals surface area contributed by atoms with E-state index in [1.807, 2.05) is 60.2 Å². The van der Waals surface area contributed by atoms with E-state index in [2.05, 4.69) is 10.3 Å². The molecule has 0 spiro atoms. The lowest BCUT2D eigenvalue weighted by Crippen LogP contribution is -2.11. The Kier molecular flexibility index (Phi) is 4.87. The maximum absolute atomic E-state index is 12.4. The number of carbonyl (C=O) groups excluding carboxylic acids is 1. The number of thiazole rings is 1. The molecule has 0 aliphatic heterocycles. The van der Waals surface area contributed by atoms with Gasteiger partial charge in [0.2, 0.25) is 0 Å². The van der Waals surface area contributed by atoms with Crippen molar-refractivity contribution in [2.45, 2.75) is 4.90 Å². The smallest absolute Gasteiger partial charge is 0.257 e. The second-order valence-corrected chi connectivity index (χ2v) is 7.47. The molecule has 0 atom stereocenters. The summed E-state index contributed by atoms with van der Waals surface area (Å²) in [5.74, 6) is 1.24. The number of nitrogens with zero attached hydrogens (tertiary/aromatic N) is 1. The van der Waals surface area contributed by atoms with Gasteiger partial charge in [-0.25, -0.2) is 4.98 Å². The summed E-state index contributed by atoms with van der Waals surface area (Å²) in [5.41, 5.74) is 2.04. The molecule has 2 aromatic heterocycles. The van der Waals surface area contributed by atoms with Crippen molar-refractivity contribution in [2.75, 3.05) is 18.7 Å². The third kappa shape index (κ3) is 3.70. The highest BCUT2D eigenvalue weighted by Crippen LogP contribution is 2.32. The number of carbonyl (C=O) groups is 1. The number of hydrogen-bond acceptors (Lipinski definition) is 6. The number of amides is 1. The SMILES string of the molecule is COc1ccc2oc(-c3csc(NC(=O)c4ccc(SC)cc4)n3)cc2c1. The number of fused-ring (bicyclic) bond motifs is 1. The van der Waals surface area contributed by atoms with Gasteiger partial charge >= 0.3 is 0 Å². The van der Waals surface area contributed by atoms with E-state index in [0.29, 0.717) is 22.1 Å². The van der Waals surface area contributed by atoms with E-state index in [1.54, 1.807) is 18.9 Å². The number of methoxy groups -OCH3 is 1. The van der Waals surface area contributed by atoms with Crippen LogP contribution in [0.25, 0.3) is 22.4 Å². The molecule has 136 valence electrons. The molecular weight excluding hydrogens is 380 g/mol. The summed E-state index contributed by atoms with van der Waals surface area (Å²) in [4.78, 5) is 18.0. The van der Waals surface area contributed by atoms with Crippen LogP contribution in [0, 0.1) is 0 Å². The van der Waals surface area contributed by atoms with Crippen LogP contribution >= 0.6 is 23.1 Å². The Hall–Kier alpha value is -2.77. The quantitative estimate of drug-likeness (QED) is 0.449. The molecule has 4 aromatic rings. The zero-order valence-electron chi connectivity index (χ0n) is 14.7. The lowest BCUT2D eigenvalue weighted by atomic mass is 10.2. The van der Waals surface area contributed by atoms with Crippen molar-refractivity contribution < 1.29 is 13.9 Å². The first-order valence-corrected chi connectivity index (χ1v) is 10.3. The van der Waals surface area contributed by atoms with Crippen molar-refractivity contribution in [1.29, 1.82) is 0 Å². The zero-order chi connectivity index (χ0) is 18.8. The molecule has 0 aliphatic carbocycles. The molecule has 0 radical (unpaired) electrons.